The number of fused-ring (bicyclic) bond motifs is 1. The molecule has 114 valence electrons. The second-order valence-electron chi connectivity index (χ2n) is 5.45. The smallest absolute Gasteiger partial charge is 0.353 e. The summed E-state index contributed by atoms with van der Waals surface area (Å²) in [5, 5.41) is 13.5. The molecule has 0 aromatic carbocycles. The Morgan fingerprint density at radius 1 is 1.48 bits per heavy atom. The molecule has 2 aliphatic rings. The summed E-state index contributed by atoms with van der Waals surface area (Å²) in [7, 11) is 0. The molecule has 1 saturated heterocycles. The number of amides is 2. The summed E-state index contributed by atoms with van der Waals surface area (Å²) in [4.78, 5) is 36.3. The van der Waals surface area contributed by atoms with Crippen LogP contribution in [0.2, 0.25) is 0 Å². The minimum absolute atomic E-state index is 0.0414. The number of aliphatic carboxylic acids is 1. The van der Waals surface area contributed by atoms with E-state index in [0.717, 1.165) is 0 Å². The average molecular weight is 310 g/mol. The van der Waals surface area contributed by atoms with E-state index in [0.29, 0.717) is 11.3 Å². The topological polar surface area (TPSA) is 86.7 Å². The van der Waals surface area contributed by atoms with E-state index in [1.165, 1.54) is 29.8 Å². The zero-order chi connectivity index (χ0) is 15.7. The molecular formula is C14H18N2O4S. The lowest BCUT2D eigenvalue weighted by atomic mass is 9.79. The molecule has 6 nitrogen and oxygen atoms in total. The largest absolute Gasteiger partial charge is 0.477 e. The molecule has 2 aliphatic heterocycles. The van der Waals surface area contributed by atoms with Crippen LogP contribution >= 0.6 is 11.8 Å². The van der Waals surface area contributed by atoms with E-state index in [1.54, 1.807) is 5.41 Å². The zero-order valence-corrected chi connectivity index (χ0v) is 12.9. The molecule has 2 atom stereocenters. The van der Waals surface area contributed by atoms with Crippen molar-refractivity contribution < 1.29 is 19.5 Å². The third kappa shape index (κ3) is 2.83. The average Bonchev–Trinajstić information content (AvgIpc) is 2.68. The predicted molar refractivity (Wildman–Crippen MR) is 78.8 cm³/mol. The van der Waals surface area contributed by atoms with Gasteiger partial charge in [0.25, 0.3) is 0 Å². The Bertz CT molecular complexity index is 553. The first-order valence-electron chi connectivity index (χ1n) is 6.73. The third-order valence-electron chi connectivity index (χ3n) is 3.65. The van der Waals surface area contributed by atoms with Crippen LogP contribution in [0.1, 0.15) is 27.2 Å². The van der Waals surface area contributed by atoms with Crippen molar-refractivity contribution >= 4 is 29.5 Å². The zero-order valence-electron chi connectivity index (χ0n) is 12.1. The van der Waals surface area contributed by atoms with E-state index in [1.807, 2.05) is 13.8 Å². The van der Waals surface area contributed by atoms with Gasteiger partial charge in [0.15, 0.2) is 0 Å². The van der Waals surface area contributed by atoms with E-state index in [9.17, 15) is 19.5 Å². The van der Waals surface area contributed by atoms with E-state index < -0.39 is 5.97 Å². The van der Waals surface area contributed by atoms with Gasteiger partial charge in [-0.1, -0.05) is 25.6 Å². The molecule has 1 fully saturated rings. The van der Waals surface area contributed by atoms with Gasteiger partial charge in [0, 0.05) is 24.4 Å². The quantitative estimate of drug-likeness (QED) is 0.752. The number of hydrogen-bond donors (Lipinski definition) is 2. The number of thioether (sulfide) groups is 1. The van der Waals surface area contributed by atoms with Crippen LogP contribution < -0.4 is 5.32 Å². The van der Waals surface area contributed by atoms with Gasteiger partial charge in [0.2, 0.25) is 11.8 Å². The third-order valence-corrected chi connectivity index (χ3v) is 4.57. The standard InChI is InChI=1S/C14H18N2O4S/c1-7(2)11-9-6-10(21-5-4-15-8(3)17)12(14(19)20)16(9)13(11)18/h4-5,7,9,11H,6H2,1-3H3,(H,15,17)(H,19,20)/b5-4+/t9-,11-/m1/s1. The number of rotatable bonds is 5. The lowest BCUT2D eigenvalue weighted by molar-refractivity contribution is -0.157. The molecule has 0 aromatic heterocycles. The number of hydrogen-bond acceptors (Lipinski definition) is 4. The van der Waals surface area contributed by atoms with Crippen LogP contribution in [0.25, 0.3) is 0 Å². The van der Waals surface area contributed by atoms with Crippen molar-refractivity contribution in [3.8, 4) is 0 Å². The van der Waals surface area contributed by atoms with Gasteiger partial charge in [-0.2, -0.15) is 0 Å². The second kappa shape index (κ2) is 5.93. The van der Waals surface area contributed by atoms with Crippen LogP contribution in [0.4, 0.5) is 0 Å². The molecule has 0 aliphatic carbocycles. The lowest BCUT2D eigenvalue weighted by Crippen LogP contribution is -2.60. The van der Waals surface area contributed by atoms with E-state index >= 15 is 0 Å². The number of carboxylic acids is 1. The summed E-state index contributed by atoms with van der Waals surface area (Å²) in [5.74, 6) is -1.27. The summed E-state index contributed by atoms with van der Waals surface area (Å²) in [6, 6.07) is -0.0414. The number of carbonyl (C=O) groups excluding carboxylic acids is 2. The Morgan fingerprint density at radius 2 is 2.14 bits per heavy atom. The van der Waals surface area contributed by atoms with Crippen molar-refractivity contribution in [2.45, 2.75) is 33.2 Å². The first-order valence-corrected chi connectivity index (χ1v) is 7.60. The molecule has 0 bridgehead atoms. The number of β-lactam (4-membered cyclic amide) rings is 1. The summed E-state index contributed by atoms with van der Waals surface area (Å²) in [6.45, 7) is 5.34. The summed E-state index contributed by atoms with van der Waals surface area (Å²) in [5.41, 5.74) is 0.0828. The van der Waals surface area contributed by atoms with Crippen molar-refractivity contribution in [2.24, 2.45) is 11.8 Å². The molecule has 2 rings (SSSR count). The van der Waals surface area contributed by atoms with Gasteiger partial charge in [0.1, 0.15) is 5.70 Å². The van der Waals surface area contributed by atoms with Crippen LogP contribution in [0, 0.1) is 11.8 Å². The van der Waals surface area contributed by atoms with Gasteiger partial charge >= 0.3 is 5.97 Å². The van der Waals surface area contributed by atoms with E-state index in [-0.39, 0.29) is 35.4 Å². The molecule has 0 aromatic rings. The monoisotopic (exact) mass is 310 g/mol. The van der Waals surface area contributed by atoms with Gasteiger partial charge in [0.05, 0.1) is 12.0 Å². The maximum atomic E-state index is 12.1. The Labute approximate surface area is 127 Å². The molecule has 0 radical (unpaired) electrons. The van der Waals surface area contributed by atoms with Crippen molar-refractivity contribution in [2.75, 3.05) is 0 Å². The van der Waals surface area contributed by atoms with Gasteiger partial charge in [-0.15, -0.1) is 0 Å². The fraction of sp³-hybridized carbons (Fsp3) is 0.500. The van der Waals surface area contributed by atoms with Gasteiger partial charge in [-0.3, -0.25) is 9.59 Å². The minimum atomic E-state index is -1.08. The molecule has 2 amide bonds. The van der Waals surface area contributed by atoms with Crippen molar-refractivity contribution in [3.05, 3.63) is 22.2 Å². The highest BCUT2D eigenvalue weighted by Gasteiger charge is 2.55. The highest BCUT2D eigenvalue weighted by molar-refractivity contribution is 8.05. The molecule has 21 heavy (non-hydrogen) atoms. The normalized spacial score (nSPS) is 24.6. The molecule has 2 N–H and O–H groups in total. The van der Waals surface area contributed by atoms with Gasteiger partial charge in [-0.25, -0.2) is 4.79 Å². The van der Waals surface area contributed by atoms with Crippen LogP contribution in [0.3, 0.4) is 0 Å². The highest BCUT2D eigenvalue weighted by Crippen LogP contribution is 2.48. The SMILES string of the molecule is CC(=O)N/C=C/SC1=C(C(=O)O)N2C(=O)[C@H](C(C)C)[C@H]2C1. The fourth-order valence-corrected chi connectivity index (χ4v) is 3.67. The van der Waals surface area contributed by atoms with E-state index in [4.69, 9.17) is 0 Å². The van der Waals surface area contributed by atoms with Crippen molar-refractivity contribution in [1.82, 2.24) is 10.2 Å². The first-order chi connectivity index (χ1) is 9.84. The number of nitrogens with one attached hydrogen (secondary N) is 1. The van der Waals surface area contributed by atoms with Gasteiger partial charge in [-0.05, 0) is 11.3 Å². The highest BCUT2D eigenvalue weighted by atomic mass is 32.2. The Kier molecular flexibility index (Phi) is 4.41. The van der Waals surface area contributed by atoms with E-state index in [2.05, 4.69) is 5.32 Å². The predicted octanol–water partition coefficient (Wildman–Crippen LogP) is 1.51. The van der Waals surface area contributed by atoms with Crippen LogP contribution in [0.15, 0.2) is 22.2 Å². The second-order valence-corrected chi connectivity index (χ2v) is 6.45. The Hall–Kier alpha value is -1.76. The number of nitrogens with zero attached hydrogens (tertiary/aromatic N) is 1. The first kappa shape index (κ1) is 15.6. The van der Waals surface area contributed by atoms with Gasteiger partial charge < -0.3 is 15.3 Å². The maximum Gasteiger partial charge on any atom is 0.353 e. The minimum Gasteiger partial charge on any atom is -0.477 e. The van der Waals surface area contributed by atoms with Crippen molar-refractivity contribution in [1.29, 1.82) is 0 Å². The molecule has 0 unspecified atom stereocenters. The van der Waals surface area contributed by atoms with Crippen LogP contribution in [0.5, 0.6) is 0 Å². The maximum absolute atomic E-state index is 12.1. The molecule has 0 saturated carbocycles. The summed E-state index contributed by atoms with van der Waals surface area (Å²) < 4.78 is 0. The Morgan fingerprint density at radius 3 is 2.67 bits per heavy atom. The number of carboxylic acid groups (broad SMARTS) is 1. The molecule has 2 heterocycles. The van der Waals surface area contributed by atoms with Crippen LogP contribution in [-0.4, -0.2) is 33.8 Å². The molecule has 0 spiro atoms. The molecule has 7 heteroatoms. The summed E-state index contributed by atoms with van der Waals surface area (Å²) in [6.07, 6.45) is 2.03. The Balaban J connectivity index is 2.13. The molecular weight excluding hydrogens is 292 g/mol. The number of carbonyl (C=O) groups is 3. The lowest BCUT2D eigenvalue weighted by Gasteiger charge is -2.45. The fourth-order valence-electron chi connectivity index (χ4n) is 2.81. The van der Waals surface area contributed by atoms with Crippen LogP contribution in [-0.2, 0) is 14.4 Å². The summed E-state index contributed by atoms with van der Waals surface area (Å²) >= 11 is 1.24. The van der Waals surface area contributed by atoms with Crippen molar-refractivity contribution in [3.63, 3.8) is 0 Å².